The smallest absolute Gasteiger partial charge is 0.246 e. The molecule has 1 amide bonds. The molecule has 0 radical (unpaired) electrons. The van der Waals surface area contributed by atoms with E-state index in [4.69, 9.17) is 11.6 Å². The molecule has 0 saturated carbocycles. The largest absolute Gasteiger partial charge is 0.372 e. The van der Waals surface area contributed by atoms with Gasteiger partial charge in [0.25, 0.3) is 0 Å². The zero-order chi connectivity index (χ0) is 17.0. The molecule has 2 aromatic rings. The maximum Gasteiger partial charge on any atom is 0.246 e. The summed E-state index contributed by atoms with van der Waals surface area (Å²) < 4.78 is 1.62. The van der Waals surface area contributed by atoms with E-state index in [2.05, 4.69) is 29.2 Å². The average molecular weight is 335 g/mol. The van der Waals surface area contributed by atoms with Crippen molar-refractivity contribution in [3.05, 3.63) is 40.7 Å². The van der Waals surface area contributed by atoms with E-state index in [1.165, 1.54) is 0 Å². The number of hydrogen-bond donors (Lipinski definition) is 1. The zero-order valence-corrected chi connectivity index (χ0v) is 14.8. The van der Waals surface area contributed by atoms with Gasteiger partial charge in [0.1, 0.15) is 6.54 Å². The van der Waals surface area contributed by atoms with Gasteiger partial charge < -0.3 is 10.2 Å². The number of rotatable bonds is 6. The van der Waals surface area contributed by atoms with Crippen molar-refractivity contribution in [2.24, 2.45) is 0 Å². The second-order valence-corrected chi connectivity index (χ2v) is 5.79. The van der Waals surface area contributed by atoms with Crippen molar-refractivity contribution in [2.45, 2.75) is 34.2 Å². The number of hydrogen-bond acceptors (Lipinski definition) is 3. The van der Waals surface area contributed by atoms with E-state index in [-0.39, 0.29) is 12.5 Å². The Kier molecular flexibility index (Phi) is 5.66. The van der Waals surface area contributed by atoms with Crippen molar-refractivity contribution in [1.29, 1.82) is 0 Å². The van der Waals surface area contributed by atoms with E-state index in [0.717, 1.165) is 35.9 Å². The van der Waals surface area contributed by atoms with E-state index in [1.807, 2.05) is 38.1 Å². The summed E-state index contributed by atoms with van der Waals surface area (Å²) in [7, 11) is 0. The van der Waals surface area contributed by atoms with Crippen LogP contribution in [0.1, 0.15) is 25.2 Å². The van der Waals surface area contributed by atoms with Gasteiger partial charge in [0.15, 0.2) is 0 Å². The van der Waals surface area contributed by atoms with Crippen LogP contribution in [0.5, 0.6) is 0 Å². The maximum atomic E-state index is 12.2. The Morgan fingerprint density at radius 2 is 1.83 bits per heavy atom. The molecule has 0 aliphatic carbocycles. The molecule has 0 aliphatic rings. The quantitative estimate of drug-likeness (QED) is 0.877. The summed E-state index contributed by atoms with van der Waals surface area (Å²) in [6.07, 6.45) is 0. The SMILES string of the molecule is CCN(CC)c1ccc(NC(=O)Cn2nc(C)c(Cl)c2C)cc1. The Hall–Kier alpha value is -2.01. The maximum absolute atomic E-state index is 12.2. The molecule has 0 spiro atoms. The van der Waals surface area contributed by atoms with E-state index >= 15 is 0 Å². The third kappa shape index (κ3) is 4.05. The number of nitrogens with zero attached hydrogens (tertiary/aromatic N) is 3. The summed E-state index contributed by atoms with van der Waals surface area (Å²) in [5, 5.41) is 7.77. The predicted molar refractivity (Wildman–Crippen MR) is 95.3 cm³/mol. The lowest BCUT2D eigenvalue weighted by molar-refractivity contribution is -0.116. The Bertz CT molecular complexity index is 675. The number of carbonyl (C=O) groups is 1. The van der Waals surface area contributed by atoms with Crippen LogP contribution in [0, 0.1) is 13.8 Å². The Morgan fingerprint density at radius 1 is 1.22 bits per heavy atom. The number of amides is 1. The first kappa shape index (κ1) is 17.3. The van der Waals surface area contributed by atoms with Gasteiger partial charge in [-0.3, -0.25) is 9.48 Å². The number of halogens is 1. The fourth-order valence-corrected chi connectivity index (χ4v) is 2.65. The van der Waals surface area contributed by atoms with E-state index in [1.54, 1.807) is 4.68 Å². The molecule has 0 bridgehead atoms. The highest BCUT2D eigenvalue weighted by molar-refractivity contribution is 6.31. The average Bonchev–Trinajstić information content (AvgIpc) is 2.77. The molecule has 1 aromatic heterocycles. The minimum absolute atomic E-state index is 0.122. The molecule has 6 heteroatoms. The van der Waals surface area contributed by atoms with Crippen LogP contribution in [0.25, 0.3) is 0 Å². The molecule has 23 heavy (non-hydrogen) atoms. The van der Waals surface area contributed by atoms with Gasteiger partial charge in [0.2, 0.25) is 5.91 Å². The molecule has 0 fully saturated rings. The molecule has 124 valence electrons. The predicted octanol–water partition coefficient (Wildman–Crippen LogP) is 3.64. The summed E-state index contributed by atoms with van der Waals surface area (Å²) >= 11 is 6.10. The van der Waals surface area contributed by atoms with Gasteiger partial charge in [-0.1, -0.05) is 11.6 Å². The Morgan fingerprint density at radius 3 is 2.30 bits per heavy atom. The summed E-state index contributed by atoms with van der Waals surface area (Å²) in [5.41, 5.74) is 3.47. The fourth-order valence-electron chi connectivity index (χ4n) is 2.51. The second-order valence-electron chi connectivity index (χ2n) is 5.41. The molecular weight excluding hydrogens is 312 g/mol. The summed E-state index contributed by atoms with van der Waals surface area (Å²) in [6, 6.07) is 7.87. The minimum atomic E-state index is -0.122. The van der Waals surface area contributed by atoms with E-state index in [0.29, 0.717) is 5.02 Å². The normalized spacial score (nSPS) is 10.7. The standard InChI is InChI=1S/C17H23ClN4O/c1-5-21(6-2)15-9-7-14(8-10-15)19-16(23)11-22-13(4)17(18)12(3)20-22/h7-10H,5-6,11H2,1-4H3,(H,19,23). The molecular formula is C17H23ClN4O. The van der Waals surface area contributed by atoms with Crippen LogP contribution in [-0.4, -0.2) is 28.8 Å². The molecule has 0 aliphatic heterocycles. The number of aromatic nitrogens is 2. The number of benzene rings is 1. The minimum Gasteiger partial charge on any atom is -0.372 e. The monoisotopic (exact) mass is 334 g/mol. The molecule has 0 unspecified atom stereocenters. The highest BCUT2D eigenvalue weighted by Crippen LogP contribution is 2.20. The topological polar surface area (TPSA) is 50.2 Å². The van der Waals surface area contributed by atoms with Crippen molar-refractivity contribution in [2.75, 3.05) is 23.3 Å². The van der Waals surface area contributed by atoms with Crippen LogP contribution < -0.4 is 10.2 Å². The van der Waals surface area contributed by atoms with Crippen LogP contribution in [0.15, 0.2) is 24.3 Å². The van der Waals surface area contributed by atoms with Gasteiger partial charge in [0.05, 0.1) is 16.4 Å². The van der Waals surface area contributed by atoms with E-state index in [9.17, 15) is 4.79 Å². The number of nitrogens with one attached hydrogen (secondary N) is 1. The van der Waals surface area contributed by atoms with Gasteiger partial charge in [-0.15, -0.1) is 0 Å². The molecule has 1 N–H and O–H groups in total. The number of carbonyl (C=O) groups excluding carboxylic acids is 1. The fraction of sp³-hybridized carbons (Fsp3) is 0.412. The first-order valence-corrected chi connectivity index (χ1v) is 8.18. The van der Waals surface area contributed by atoms with Crippen molar-refractivity contribution in [3.63, 3.8) is 0 Å². The first-order chi connectivity index (χ1) is 11.0. The molecule has 5 nitrogen and oxygen atoms in total. The van der Waals surface area contributed by atoms with Crippen molar-refractivity contribution in [3.8, 4) is 0 Å². The third-order valence-electron chi connectivity index (χ3n) is 3.87. The second kappa shape index (κ2) is 7.51. The summed E-state index contributed by atoms with van der Waals surface area (Å²) in [4.78, 5) is 14.4. The van der Waals surface area contributed by atoms with Gasteiger partial charge in [-0.25, -0.2) is 0 Å². The molecule has 1 aromatic carbocycles. The van der Waals surface area contributed by atoms with Crippen molar-refractivity contribution in [1.82, 2.24) is 9.78 Å². The van der Waals surface area contributed by atoms with Gasteiger partial charge in [-0.05, 0) is 52.0 Å². The molecule has 0 saturated heterocycles. The highest BCUT2D eigenvalue weighted by Gasteiger charge is 2.12. The lowest BCUT2D eigenvalue weighted by atomic mass is 10.2. The van der Waals surface area contributed by atoms with Crippen LogP contribution in [0.2, 0.25) is 5.02 Å². The first-order valence-electron chi connectivity index (χ1n) is 7.80. The summed E-state index contributed by atoms with van der Waals surface area (Å²) in [5.74, 6) is -0.122. The van der Waals surface area contributed by atoms with Gasteiger partial charge >= 0.3 is 0 Å². The lowest BCUT2D eigenvalue weighted by Crippen LogP contribution is -2.22. The van der Waals surface area contributed by atoms with Crippen LogP contribution >= 0.6 is 11.6 Å². The van der Waals surface area contributed by atoms with Crippen LogP contribution in [-0.2, 0) is 11.3 Å². The molecule has 2 rings (SSSR count). The van der Waals surface area contributed by atoms with Crippen molar-refractivity contribution < 1.29 is 4.79 Å². The van der Waals surface area contributed by atoms with E-state index < -0.39 is 0 Å². The Balaban J connectivity index is 2.01. The highest BCUT2D eigenvalue weighted by atomic mass is 35.5. The number of aryl methyl sites for hydroxylation is 1. The van der Waals surface area contributed by atoms with Gasteiger partial charge in [0, 0.05) is 24.5 Å². The van der Waals surface area contributed by atoms with Crippen LogP contribution in [0.3, 0.4) is 0 Å². The Labute approximate surface area is 142 Å². The van der Waals surface area contributed by atoms with Crippen molar-refractivity contribution >= 4 is 28.9 Å². The van der Waals surface area contributed by atoms with Gasteiger partial charge in [-0.2, -0.15) is 5.10 Å². The zero-order valence-electron chi connectivity index (χ0n) is 14.1. The van der Waals surface area contributed by atoms with Crippen LogP contribution in [0.4, 0.5) is 11.4 Å². The lowest BCUT2D eigenvalue weighted by Gasteiger charge is -2.21. The third-order valence-corrected chi connectivity index (χ3v) is 4.41. The molecule has 0 atom stereocenters. The number of anilines is 2. The summed E-state index contributed by atoms with van der Waals surface area (Å²) in [6.45, 7) is 10.0. The molecule has 1 heterocycles.